The van der Waals surface area contributed by atoms with Crippen LogP contribution in [0.3, 0.4) is 0 Å². The van der Waals surface area contributed by atoms with Crippen molar-refractivity contribution in [3.05, 3.63) is 36.3 Å². The van der Waals surface area contributed by atoms with Gasteiger partial charge in [0.05, 0.1) is 0 Å². The van der Waals surface area contributed by atoms with Crippen LogP contribution in [-0.2, 0) is 0 Å². The second-order valence-corrected chi connectivity index (χ2v) is 2.57. The van der Waals surface area contributed by atoms with Gasteiger partial charge in [-0.1, -0.05) is 19.9 Å². The highest BCUT2D eigenvalue weighted by atomic mass is 15.3. The van der Waals surface area contributed by atoms with Crippen molar-refractivity contribution < 1.29 is 0 Å². The number of allylic oxidation sites excluding steroid dienone is 3. The molecule has 2 aliphatic rings. The molecule has 2 aliphatic heterocycles. The molecule has 0 saturated carbocycles. The van der Waals surface area contributed by atoms with Crippen molar-refractivity contribution in [2.45, 2.75) is 26.9 Å². The van der Waals surface area contributed by atoms with Crippen molar-refractivity contribution in [2.75, 3.05) is 0 Å². The smallest absolute Gasteiger partial charge is 0.122 e. The van der Waals surface area contributed by atoms with Crippen molar-refractivity contribution in [3.63, 3.8) is 0 Å². The summed E-state index contributed by atoms with van der Waals surface area (Å²) in [5, 5.41) is 3.30. The van der Waals surface area contributed by atoms with Crippen LogP contribution in [0.5, 0.6) is 0 Å². The van der Waals surface area contributed by atoms with Gasteiger partial charge in [-0.2, -0.15) is 0 Å². The van der Waals surface area contributed by atoms with Gasteiger partial charge >= 0.3 is 0 Å². The van der Waals surface area contributed by atoms with Crippen LogP contribution >= 0.6 is 0 Å². The highest BCUT2D eigenvalue weighted by Gasteiger charge is 2.17. The van der Waals surface area contributed by atoms with Crippen LogP contribution < -0.4 is 5.32 Å². The molecule has 0 aromatic rings. The summed E-state index contributed by atoms with van der Waals surface area (Å²) in [6.45, 7) is 6.07. The van der Waals surface area contributed by atoms with E-state index in [0.717, 1.165) is 0 Å². The molecular weight excluding hydrogens is 148 g/mol. The monoisotopic (exact) mass is 164 g/mol. The van der Waals surface area contributed by atoms with Gasteiger partial charge in [0, 0.05) is 18.1 Å². The Bertz CT molecular complexity index is 226. The standard InChI is InChI=1S/C8H10N2.C2H6/c1-7-6-10-5-3-2-4-8(10)9-7;1-2/h2-6,8-9H,1H3;1-2H3. The molecule has 0 amide bonds. The highest BCUT2D eigenvalue weighted by molar-refractivity contribution is 5.21. The van der Waals surface area contributed by atoms with E-state index in [-0.39, 0.29) is 0 Å². The predicted octanol–water partition coefficient (Wildman–Crippen LogP) is 2.19. The first kappa shape index (κ1) is 8.91. The summed E-state index contributed by atoms with van der Waals surface area (Å²) in [6, 6.07) is 0. The van der Waals surface area contributed by atoms with E-state index in [2.05, 4.69) is 41.7 Å². The molecule has 0 fully saturated rings. The average molecular weight is 164 g/mol. The molecule has 2 nitrogen and oxygen atoms in total. The van der Waals surface area contributed by atoms with E-state index < -0.39 is 0 Å². The van der Waals surface area contributed by atoms with Crippen LogP contribution in [0.25, 0.3) is 0 Å². The Morgan fingerprint density at radius 1 is 1.33 bits per heavy atom. The molecule has 1 N–H and O–H groups in total. The minimum Gasteiger partial charge on any atom is -0.364 e. The van der Waals surface area contributed by atoms with Crippen molar-refractivity contribution in [1.82, 2.24) is 10.2 Å². The SMILES string of the molecule is CC.CC1=CN2C=CC=CC2N1. The van der Waals surface area contributed by atoms with Gasteiger partial charge < -0.3 is 10.2 Å². The third-order valence-electron chi connectivity index (χ3n) is 1.70. The van der Waals surface area contributed by atoms with Gasteiger partial charge in [-0.25, -0.2) is 0 Å². The number of hydrogen-bond donors (Lipinski definition) is 1. The van der Waals surface area contributed by atoms with E-state index in [0.29, 0.717) is 6.17 Å². The zero-order chi connectivity index (χ0) is 8.97. The lowest BCUT2D eigenvalue weighted by molar-refractivity contribution is 0.424. The Kier molecular flexibility index (Phi) is 2.97. The largest absolute Gasteiger partial charge is 0.364 e. The van der Waals surface area contributed by atoms with Crippen molar-refractivity contribution >= 4 is 0 Å². The first-order valence-corrected chi connectivity index (χ1v) is 4.44. The lowest BCUT2D eigenvalue weighted by atomic mass is 10.3. The lowest BCUT2D eigenvalue weighted by Gasteiger charge is -2.20. The summed E-state index contributed by atoms with van der Waals surface area (Å²) < 4.78 is 0. The number of nitrogens with one attached hydrogen (secondary N) is 1. The number of nitrogens with zero attached hydrogens (tertiary/aromatic N) is 1. The molecule has 0 aromatic heterocycles. The average Bonchev–Trinajstić information content (AvgIpc) is 2.48. The Labute approximate surface area is 74.3 Å². The summed E-state index contributed by atoms with van der Waals surface area (Å²) >= 11 is 0. The molecule has 2 heteroatoms. The fourth-order valence-corrected chi connectivity index (χ4v) is 1.25. The zero-order valence-electron chi connectivity index (χ0n) is 7.91. The summed E-state index contributed by atoms with van der Waals surface area (Å²) in [6.07, 6.45) is 10.8. The molecule has 0 radical (unpaired) electrons. The molecule has 0 spiro atoms. The molecule has 1 atom stereocenters. The molecule has 12 heavy (non-hydrogen) atoms. The Morgan fingerprint density at radius 3 is 2.75 bits per heavy atom. The van der Waals surface area contributed by atoms with Gasteiger partial charge in [0.25, 0.3) is 0 Å². The first-order chi connectivity index (χ1) is 5.86. The van der Waals surface area contributed by atoms with Crippen LogP contribution in [0.15, 0.2) is 36.3 Å². The summed E-state index contributed by atoms with van der Waals surface area (Å²) in [4.78, 5) is 2.15. The van der Waals surface area contributed by atoms with Crippen molar-refractivity contribution in [3.8, 4) is 0 Å². The van der Waals surface area contributed by atoms with E-state index in [1.165, 1.54) is 5.70 Å². The first-order valence-electron chi connectivity index (χ1n) is 4.44. The Morgan fingerprint density at radius 2 is 2.08 bits per heavy atom. The second-order valence-electron chi connectivity index (χ2n) is 2.57. The molecule has 0 saturated heterocycles. The fraction of sp³-hybridized carbons (Fsp3) is 0.400. The molecule has 0 bridgehead atoms. The Balaban J connectivity index is 0.000000336. The van der Waals surface area contributed by atoms with Crippen molar-refractivity contribution in [2.24, 2.45) is 0 Å². The highest BCUT2D eigenvalue weighted by Crippen LogP contribution is 2.14. The van der Waals surface area contributed by atoms with Gasteiger partial charge in [0.2, 0.25) is 0 Å². The van der Waals surface area contributed by atoms with E-state index >= 15 is 0 Å². The predicted molar refractivity (Wildman–Crippen MR) is 52.1 cm³/mol. The van der Waals surface area contributed by atoms with E-state index in [9.17, 15) is 0 Å². The van der Waals surface area contributed by atoms with Crippen LogP contribution in [0.2, 0.25) is 0 Å². The summed E-state index contributed by atoms with van der Waals surface area (Å²) in [5.74, 6) is 0. The minimum atomic E-state index is 0.366. The lowest BCUT2D eigenvalue weighted by Crippen LogP contribution is -2.31. The summed E-state index contributed by atoms with van der Waals surface area (Å²) in [7, 11) is 0. The van der Waals surface area contributed by atoms with Crippen LogP contribution in [0.1, 0.15) is 20.8 Å². The van der Waals surface area contributed by atoms with E-state index in [1.54, 1.807) is 0 Å². The zero-order valence-corrected chi connectivity index (χ0v) is 7.91. The maximum Gasteiger partial charge on any atom is 0.122 e. The van der Waals surface area contributed by atoms with E-state index in [4.69, 9.17) is 0 Å². The topological polar surface area (TPSA) is 15.3 Å². The van der Waals surface area contributed by atoms with Gasteiger partial charge in [-0.15, -0.1) is 0 Å². The third-order valence-corrected chi connectivity index (χ3v) is 1.70. The van der Waals surface area contributed by atoms with Crippen molar-refractivity contribution in [1.29, 1.82) is 0 Å². The van der Waals surface area contributed by atoms with Gasteiger partial charge in [-0.3, -0.25) is 0 Å². The van der Waals surface area contributed by atoms with Crippen LogP contribution in [-0.4, -0.2) is 11.1 Å². The summed E-state index contributed by atoms with van der Waals surface area (Å²) in [5.41, 5.74) is 1.22. The molecule has 2 rings (SSSR count). The van der Waals surface area contributed by atoms with Gasteiger partial charge in [-0.05, 0) is 19.1 Å². The molecule has 2 heterocycles. The number of rotatable bonds is 0. The maximum absolute atomic E-state index is 3.30. The maximum atomic E-state index is 3.30. The number of fused-ring (bicyclic) bond motifs is 1. The van der Waals surface area contributed by atoms with Gasteiger partial charge in [0.1, 0.15) is 6.17 Å². The molecule has 0 aromatic carbocycles. The van der Waals surface area contributed by atoms with Crippen LogP contribution in [0.4, 0.5) is 0 Å². The molecule has 66 valence electrons. The second kappa shape index (κ2) is 4.00. The third kappa shape index (κ3) is 1.70. The molecule has 1 unspecified atom stereocenters. The fourth-order valence-electron chi connectivity index (χ4n) is 1.25. The molecular formula is C10H16N2. The van der Waals surface area contributed by atoms with Crippen LogP contribution in [0, 0.1) is 0 Å². The number of hydrogen-bond acceptors (Lipinski definition) is 2. The van der Waals surface area contributed by atoms with E-state index in [1.807, 2.05) is 19.9 Å². The quantitative estimate of drug-likeness (QED) is 0.590. The Hall–Kier alpha value is -1.18. The molecule has 0 aliphatic carbocycles. The minimum absolute atomic E-state index is 0.366. The normalized spacial score (nSPS) is 23.8. The van der Waals surface area contributed by atoms with Gasteiger partial charge in [0.15, 0.2) is 0 Å².